The standard InChI is InChI=1S/C12H5FO3/c1-2-11(14)16-12(15)8-5-9-3-6-10(13)7-4-9/h1,3-4,6-7H. The summed E-state index contributed by atoms with van der Waals surface area (Å²) in [5, 5.41) is 0. The molecule has 0 N–H and O–H groups in total. The minimum atomic E-state index is -1.10. The number of esters is 2. The Bertz CT molecular complexity index is 512. The second-order valence-electron chi connectivity index (χ2n) is 2.58. The van der Waals surface area contributed by atoms with E-state index < -0.39 is 17.8 Å². The van der Waals surface area contributed by atoms with Crippen LogP contribution in [0.5, 0.6) is 0 Å². The molecule has 0 aliphatic heterocycles. The second kappa shape index (κ2) is 5.33. The minimum absolute atomic E-state index is 0.407. The maximum Gasteiger partial charge on any atom is 0.393 e. The van der Waals surface area contributed by atoms with Crippen molar-refractivity contribution in [1.82, 2.24) is 0 Å². The molecule has 4 heteroatoms. The highest BCUT2D eigenvalue weighted by Crippen LogP contribution is 2.00. The quantitative estimate of drug-likeness (QED) is 0.280. The fraction of sp³-hybridized carbons (Fsp3) is 0. The molecule has 0 radical (unpaired) electrons. The third kappa shape index (κ3) is 3.65. The average Bonchev–Trinajstić information content (AvgIpc) is 2.28. The molecule has 0 saturated heterocycles. The van der Waals surface area contributed by atoms with E-state index in [0.717, 1.165) is 0 Å². The van der Waals surface area contributed by atoms with Gasteiger partial charge in [0.1, 0.15) is 5.82 Å². The van der Waals surface area contributed by atoms with Gasteiger partial charge in [-0.05, 0) is 24.3 Å². The number of terminal acetylenes is 1. The Labute approximate surface area is 91.2 Å². The first-order chi connectivity index (χ1) is 7.61. The summed E-state index contributed by atoms with van der Waals surface area (Å²) >= 11 is 0. The Morgan fingerprint density at radius 3 is 2.38 bits per heavy atom. The minimum Gasteiger partial charge on any atom is -0.373 e. The maximum atomic E-state index is 12.5. The Morgan fingerprint density at radius 2 is 1.81 bits per heavy atom. The summed E-state index contributed by atoms with van der Waals surface area (Å²) in [6, 6.07) is 5.17. The molecule has 1 aromatic carbocycles. The van der Waals surface area contributed by atoms with Crippen molar-refractivity contribution in [3.8, 4) is 24.2 Å². The van der Waals surface area contributed by atoms with Crippen molar-refractivity contribution < 1.29 is 18.7 Å². The molecule has 0 heterocycles. The molecule has 3 nitrogen and oxygen atoms in total. The maximum absolute atomic E-state index is 12.5. The van der Waals surface area contributed by atoms with Gasteiger partial charge in [-0.25, -0.2) is 14.0 Å². The van der Waals surface area contributed by atoms with E-state index in [9.17, 15) is 14.0 Å². The number of ether oxygens (including phenoxy) is 1. The number of rotatable bonds is 0. The molecule has 1 rings (SSSR count). The van der Waals surface area contributed by atoms with Crippen LogP contribution in [0.4, 0.5) is 4.39 Å². The lowest BCUT2D eigenvalue weighted by Gasteiger charge is -1.90. The molecule has 16 heavy (non-hydrogen) atoms. The molecule has 0 aliphatic rings. The molecular formula is C12H5FO3. The molecule has 0 aromatic heterocycles. The number of carbonyl (C=O) groups is 2. The zero-order valence-electron chi connectivity index (χ0n) is 7.99. The molecule has 0 atom stereocenters. The zero-order valence-corrected chi connectivity index (χ0v) is 7.99. The van der Waals surface area contributed by atoms with Crippen LogP contribution in [0.1, 0.15) is 5.56 Å². The van der Waals surface area contributed by atoms with Gasteiger partial charge in [-0.1, -0.05) is 5.92 Å². The first-order valence-corrected chi connectivity index (χ1v) is 4.12. The largest absolute Gasteiger partial charge is 0.393 e. The third-order valence-corrected chi connectivity index (χ3v) is 1.46. The van der Waals surface area contributed by atoms with Crippen LogP contribution in [-0.2, 0) is 14.3 Å². The third-order valence-electron chi connectivity index (χ3n) is 1.46. The summed E-state index contributed by atoms with van der Waals surface area (Å²) in [5.41, 5.74) is 0.423. The fourth-order valence-corrected chi connectivity index (χ4v) is 0.796. The molecule has 0 amide bonds. The van der Waals surface area contributed by atoms with Gasteiger partial charge in [0.2, 0.25) is 0 Å². The van der Waals surface area contributed by atoms with Crippen LogP contribution >= 0.6 is 0 Å². The summed E-state index contributed by atoms with van der Waals surface area (Å²) < 4.78 is 16.6. The van der Waals surface area contributed by atoms with Crippen LogP contribution < -0.4 is 0 Å². The normalized spacial score (nSPS) is 8.25. The summed E-state index contributed by atoms with van der Waals surface area (Å²) in [5.74, 6) is 3.47. The van der Waals surface area contributed by atoms with Crippen molar-refractivity contribution in [1.29, 1.82) is 0 Å². The van der Waals surface area contributed by atoms with Crippen molar-refractivity contribution in [2.75, 3.05) is 0 Å². The van der Waals surface area contributed by atoms with Crippen LogP contribution in [-0.4, -0.2) is 11.9 Å². The summed E-state index contributed by atoms with van der Waals surface area (Å²) in [7, 11) is 0. The molecule has 0 aliphatic carbocycles. The number of halogens is 1. The Balaban J connectivity index is 2.68. The van der Waals surface area contributed by atoms with Gasteiger partial charge in [-0.3, -0.25) is 0 Å². The van der Waals surface area contributed by atoms with E-state index in [2.05, 4.69) is 17.1 Å². The lowest BCUT2D eigenvalue weighted by molar-refractivity contribution is -0.151. The Morgan fingerprint density at radius 1 is 1.19 bits per heavy atom. The molecule has 0 saturated carbocycles. The van der Waals surface area contributed by atoms with Gasteiger partial charge < -0.3 is 4.74 Å². The second-order valence-corrected chi connectivity index (χ2v) is 2.58. The lowest BCUT2D eigenvalue weighted by atomic mass is 10.2. The summed E-state index contributed by atoms with van der Waals surface area (Å²) in [6.07, 6.45) is 4.68. The van der Waals surface area contributed by atoms with E-state index >= 15 is 0 Å². The van der Waals surface area contributed by atoms with E-state index in [-0.39, 0.29) is 0 Å². The molecule has 0 unspecified atom stereocenters. The van der Waals surface area contributed by atoms with E-state index in [0.29, 0.717) is 5.56 Å². The highest BCUT2D eigenvalue weighted by molar-refractivity contribution is 6.02. The number of hydrogen-bond acceptors (Lipinski definition) is 3. The highest BCUT2D eigenvalue weighted by Gasteiger charge is 2.02. The topological polar surface area (TPSA) is 43.4 Å². The van der Waals surface area contributed by atoms with Crippen LogP contribution in [0.25, 0.3) is 0 Å². The van der Waals surface area contributed by atoms with Crippen molar-refractivity contribution in [3.05, 3.63) is 35.6 Å². The molecule has 1 aromatic rings. The van der Waals surface area contributed by atoms with Crippen molar-refractivity contribution in [2.24, 2.45) is 0 Å². The highest BCUT2D eigenvalue weighted by atomic mass is 19.1. The van der Waals surface area contributed by atoms with Gasteiger partial charge in [0.05, 0.1) is 0 Å². The fourth-order valence-electron chi connectivity index (χ4n) is 0.796. The zero-order chi connectivity index (χ0) is 12.0. The monoisotopic (exact) mass is 216 g/mol. The van der Waals surface area contributed by atoms with Gasteiger partial charge in [-0.15, -0.1) is 6.42 Å². The number of benzene rings is 1. The predicted octanol–water partition coefficient (Wildman–Crippen LogP) is 0.880. The van der Waals surface area contributed by atoms with Crippen molar-refractivity contribution in [3.63, 3.8) is 0 Å². The lowest BCUT2D eigenvalue weighted by Crippen LogP contribution is -2.07. The van der Waals surface area contributed by atoms with Crippen LogP contribution in [0.15, 0.2) is 24.3 Å². The van der Waals surface area contributed by atoms with Gasteiger partial charge in [0.15, 0.2) is 0 Å². The Hall–Kier alpha value is -2.59. The van der Waals surface area contributed by atoms with E-state index in [4.69, 9.17) is 0 Å². The summed E-state index contributed by atoms with van der Waals surface area (Å²) in [4.78, 5) is 21.3. The first-order valence-electron chi connectivity index (χ1n) is 4.12. The van der Waals surface area contributed by atoms with Gasteiger partial charge in [-0.2, -0.15) is 0 Å². The number of carbonyl (C=O) groups excluding carboxylic acids is 2. The van der Waals surface area contributed by atoms with Gasteiger partial charge in [0, 0.05) is 17.4 Å². The van der Waals surface area contributed by atoms with Crippen LogP contribution in [0.3, 0.4) is 0 Å². The number of hydrogen-bond donors (Lipinski definition) is 0. The molecular weight excluding hydrogens is 211 g/mol. The molecule has 0 spiro atoms. The van der Waals surface area contributed by atoms with Crippen LogP contribution in [0, 0.1) is 30.0 Å². The first kappa shape index (κ1) is 11.5. The smallest absolute Gasteiger partial charge is 0.373 e. The van der Waals surface area contributed by atoms with Gasteiger partial charge >= 0.3 is 11.9 Å². The molecule has 0 bridgehead atoms. The van der Waals surface area contributed by atoms with Gasteiger partial charge in [0.25, 0.3) is 0 Å². The van der Waals surface area contributed by atoms with E-state index in [1.807, 2.05) is 5.92 Å². The average molecular weight is 216 g/mol. The Kier molecular flexibility index (Phi) is 3.83. The van der Waals surface area contributed by atoms with Crippen molar-refractivity contribution >= 4 is 11.9 Å². The molecule has 0 fully saturated rings. The predicted molar refractivity (Wildman–Crippen MR) is 53.2 cm³/mol. The van der Waals surface area contributed by atoms with E-state index in [1.165, 1.54) is 24.3 Å². The van der Waals surface area contributed by atoms with Crippen LogP contribution in [0.2, 0.25) is 0 Å². The SMILES string of the molecule is C#CC(=O)OC(=O)C#Cc1ccc(F)cc1. The summed E-state index contributed by atoms with van der Waals surface area (Å²) in [6.45, 7) is 0. The van der Waals surface area contributed by atoms with E-state index in [1.54, 1.807) is 5.92 Å². The molecule has 78 valence electrons. The van der Waals surface area contributed by atoms with Crippen molar-refractivity contribution in [2.45, 2.75) is 0 Å².